The van der Waals surface area contributed by atoms with Crippen molar-refractivity contribution in [1.29, 1.82) is 0 Å². The molecule has 4 aliphatic heterocycles. The van der Waals surface area contributed by atoms with Gasteiger partial charge in [0.2, 0.25) is 17.7 Å². The van der Waals surface area contributed by atoms with Crippen LogP contribution in [0.3, 0.4) is 0 Å². The van der Waals surface area contributed by atoms with Gasteiger partial charge in [-0.2, -0.15) is 0 Å². The van der Waals surface area contributed by atoms with Crippen LogP contribution in [0.1, 0.15) is 51.0 Å². The first-order chi connectivity index (χ1) is 20.4. The number of piperidine rings is 1. The molecule has 6 unspecified atom stereocenters. The molecule has 6 fully saturated rings. The van der Waals surface area contributed by atoms with Gasteiger partial charge in [-0.1, -0.05) is 31.5 Å². The van der Waals surface area contributed by atoms with Crippen LogP contribution in [0.15, 0.2) is 24.3 Å². The molecule has 1 aromatic rings. The number of hydrogen-bond acceptors (Lipinski definition) is 5. The minimum Gasteiger partial charge on any atom is -0.336 e. The van der Waals surface area contributed by atoms with Crippen molar-refractivity contribution in [3.05, 3.63) is 29.8 Å². The number of rotatable bonds is 6. The van der Waals surface area contributed by atoms with E-state index in [4.69, 9.17) is 0 Å². The first-order valence-corrected chi connectivity index (χ1v) is 16.4. The average molecular weight is 574 g/mol. The van der Waals surface area contributed by atoms with Crippen molar-refractivity contribution in [3.63, 3.8) is 0 Å². The molecule has 8 atom stereocenters. The standard InChI is InChI=1S/C33H43N5O4/c1-19-24-16-25(30(19)36-14-11-34-33(36)42)29-28(24)31(40)37(32(29)41)18-22-7-4-6-21(22)17-35-12-9-23(10-13-35)38-26-8-3-2-5-20(26)15-27(38)39/h2-3,5,8,19,21-25,28-30H,4,6-7,9-18H2,1H3,(H,34,42)/t19?,21-,22-,24?,25?,28?,29?,30?/m1/s1. The molecule has 42 heavy (non-hydrogen) atoms. The Morgan fingerprint density at radius 2 is 1.57 bits per heavy atom. The number of urea groups is 1. The van der Waals surface area contributed by atoms with Crippen LogP contribution in [0.2, 0.25) is 0 Å². The third-order valence-electron chi connectivity index (χ3n) is 12.4. The van der Waals surface area contributed by atoms with Gasteiger partial charge in [0.05, 0.1) is 18.3 Å². The Morgan fingerprint density at radius 1 is 0.857 bits per heavy atom. The Balaban J connectivity index is 0.897. The third-order valence-corrected chi connectivity index (χ3v) is 12.4. The average Bonchev–Trinajstić information content (AvgIpc) is 3.82. The zero-order valence-electron chi connectivity index (χ0n) is 24.6. The van der Waals surface area contributed by atoms with Crippen molar-refractivity contribution >= 4 is 29.4 Å². The molecule has 224 valence electrons. The molecular formula is C33H43N5O4. The second-order valence-corrected chi connectivity index (χ2v) is 14.2. The zero-order valence-corrected chi connectivity index (χ0v) is 24.6. The van der Waals surface area contributed by atoms with Gasteiger partial charge in [-0.25, -0.2) is 4.79 Å². The topological polar surface area (TPSA) is 93.3 Å². The molecule has 9 nitrogen and oxygen atoms in total. The number of fused-ring (bicyclic) bond motifs is 6. The fourth-order valence-corrected chi connectivity index (χ4v) is 10.5. The van der Waals surface area contributed by atoms with Gasteiger partial charge < -0.3 is 20.0 Å². The Kier molecular flexibility index (Phi) is 6.39. The Morgan fingerprint density at radius 3 is 2.31 bits per heavy atom. The number of imide groups is 1. The second kappa shape index (κ2) is 10.1. The lowest BCUT2D eigenvalue weighted by Gasteiger charge is -2.39. The number of carbonyl (C=O) groups is 4. The predicted molar refractivity (Wildman–Crippen MR) is 156 cm³/mol. The summed E-state index contributed by atoms with van der Waals surface area (Å²) < 4.78 is 0. The summed E-state index contributed by atoms with van der Waals surface area (Å²) in [6.07, 6.45) is 6.77. The largest absolute Gasteiger partial charge is 0.336 e. The van der Waals surface area contributed by atoms with Crippen molar-refractivity contribution in [2.24, 2.45) is 41.4 Å². The lowest BCUT2D eigenvalue weighted by Crippen LogP contribution is -2.50. The van der Waals surface area contributed by atoms with Crippen LogP contribution >= 0.6 is 0 Å². The van der Waals surface area contributed by atoms with Crippen molar-refractivity contribution in [2.75, 3.05) is 44.2 Å². The molecule has 0 radical (unpaired) electrons. The molecule has 3 saturated heterocycles. The molecule has 0 aromatic heterocycles. The summed E-state index contributed by atoms with van der Waals surface area (Å²) in [6, 6.07) is 8.52. The normalized spacial score (nSPS) is 38.3. The monoisotopic (exact) mass is 573 g/mol. The third kappa shape index (κ3) is 3.98. The zero-order chi connectivity index (χ0) is 28.7. The number of benzene rings is 1. The van der Waals surface area contributed by atoms with E-state index >= 15 is 0 Å². The van der Waals surface area contributed by atoms with Crippen LogP contribution in [-0.2, 0) is 20.8 Å². The molecule has 4 heterocycles. The predicted octanol–water partition coefficient (Wildman–Crippen LogP) is 2.74. The summed E-state index contributed by atoms with van der Waals surface area (Å²) in [6.45, 7) is 7.09. The number of nitrogens with one attached hydrogen (secondary N) is 1. The highest BCUT2D eigenvalue weighted by molar-refractivity contribution is 6.06. The first kappa shape index (κ1) is 26.7. The van der Waals surface area contributed by atoms with Crippen molar-refractivity contribution < 1.29 is 19.2 Å². The van der Waals surface area contributed by atoms with Gasteiger partial charge in [-0.15, -0.1) is 0 Å². The number of carbonyl (C=O) groups excluding carboxylic acids is 4. The highest BCUT2D eigenvalue weighted by Crippen LogP contribution is 2.60. The molecule has 8 rings (SSSR count). The van der Waals surface area contributed by atoms with Crippen molar-refractivity contribution in [2.45, 2.75) is 64.0 Å². The summed E-state index contributed by atoms with van der Waals surface area (Å²) in [5, 5.41) is 2.93. The number of nitrogens with zero attached hydrogens (tertiary/aromatic N) is 4. The van der Waals surface area contributed by atoms with Gasteiger partial charge in [0.15, 0.2) is 0 Å². The SMILES string of the molecule is CC1C2CC(C3C(=O)N(C[C@H]4CCC[C@@H]4CN4CCC(N5C(=O)Cc6ccccc65)CC4)C(=O)C23)C1N1CCNC1=O. The number of anilines is 1. The van der Waals surface area contributed by atoms with Crippen LogP contribution in [0.5, 0.6) is 0 Å². The maximum absolute atomic E-state index is 13.8. The maximum atomic E-state index is 13.8. The Labute approximate surface area is 247 Å². The van der Waals surface area contributed by atoms with Crippen LogP contribution < -0.4 is 10.2 Å². The molecule has 3 aliphatic carbocycles. The molecule has 3 saturated carbocycles. The van der Waals surface area contributed by atoms with Gasteiger partial charge in [-0.3, -0.25) is 19.3 Å². The van der Waals surface area contributed by atoms with E-state index in [9.17, 15) is 19.2 Å². The van der Waals surface area contributed by atoms with E-state index in [1.807, 2.05) is 17.0 Å². The first-order valence-electron chi connectivity index (χ1n) is 16.4. The van der Waals surface area contributed by atoms with Crippen molar-refractivity contribution in [1.82, 2.24) is 20.0 Å². The molecule has 2 bridgehead atoms. The molecule has 9 heteroatoms. The molecular weight excluding hydrogens is 530 g/mol. The quantitative estimate of drug-likeness (QED) is 0.529. The fraction of sp³-hybridized carbons (Fsp3) is 0.697. The summed E-state index contributed by atoms with van der Waals surface area (Å²) in [4.78, 5) is 61.1. The summed E-state index contributed by atoms with van der Waals surface area (Å²) >= 11 is 0. The van der Waals surface area contributed by atoms with Crippen molar-refractivity contribution in [3.8, 4) is 0 Å². The van der Waals surface area contributed by atoms with Gasteiger partial charge in [0.1, 0.15) is 0 Å². The highest BCUT2D eigenvalue weighted by atomic mass is 16.2. The lowest BCUT2D eigenvalue weighted by molar-refractivity contribution is -0.141. The Hall–Kier alpha value is -2.94. The van der Waals surface area contributed by atoms with Gasteiger partial charge >= 0.3 is 6.03 Å². The minimum atomic E-state index is -0.241. The summed E-state index contributed by atoms with van der Waals surface area (Å²) in [7, 11) is 0. The number of amides is 5. The van der Waals surface area contributed by atoms with Crippen LogP contribution in [0.25, 0.3) is 0 Å². The fourth-order valence-electron chi connectivity index (χ4n) is 10.5. The molecule has 7 aliphatic rings. The van der Waals surface area contributed by atoms with Gasteiger partial charge in [0, 0.05) is 57.0 Å². The van der Waals surface area contributed by atoms with E-state index in [2.05, 4.69) is 34.2 Å². The summed E-state index contributed by atoms with van der Waals surface area (Å²) in [5.74, 6) is 1.32. The Bertz CT molecular complexity index is 1310. The molecule has 1 N–H and O–H groups in total. The van der Waals surface area contributed by atoms with E-state index in [0.29, 0.717) is 37.9 Å². The molecule has 0 spiro atoms. The van der Waals surface area contributed by atoms with E-state index in [0.717, 1.165) is 69.4 Å². The highest BCUT2D eigenvalue weighted by Gasteiger charge is 2.67. The van der Waals surface area contributed by atoms with Crippen LogP contribution in [0.4, 0.5) is 10.5 Å². The van der Waals surface area contributed by atoms with Crippen LogP contribution in [0, 0.1) is 41.4 Å². The second-order valence-electron chi connectivity index (χ2n) is 14.2. The maximum Gasteiger partial charge on any atom is 0.317 e. The lowest BCUT2D eigenvalue weighted by atomic mass is 9.72. The van der Waals surface area contributed by atoms with E-state index < -0.39 is 0 Å². The summed E-state index contributed by atoms with van der Waals surface area (Å²) in [5.41, 5.74) is 2.24. The minimum absolute atomic E-state index is 0.0146. The van der Waals surface area contributed by atoms with Crippen LogP contribution in [-0.4, -0.2) is 89.8 Å². The number of para-hydroxylation sites is 1. The number of hydrogen-bond donors (Lipinski definition) is 1. The smallest absolute Gasteiger partial charge is 0.317 e. The van der Waals surface area contributed by atoms with Gasteiger partial charge in [0.25, 0.3) is 0 Å². The van der Waals surface area contributed by atoms with Gasteiger partial charge in [-0.05, 0) is 73.3 Å². The van der Waals surface area contributed by atoms with E-state index in [1.54, 1.807) is 4.90 Å². The van der Waals surface area contributed by atoms with E-state index in [1.165, 1.54) is 0 Å². The molecule has 1 aromatic carbocycles. The van der Waals surface area contributed by atoms with E-state index in [-0.39, 0.29) is 65.4 Å². The number of likely N-dealkylation sites (tertiary alicyclic amines) is 2. The molecule has 5 amide bonds.